The Morgan fingerprint density at radius 3 is 2.42 bits per heavy atom. The molecule has 1 aliphatic carbocycles. The van der Waals surface area contributed by atoms with E-state index in [0.717, 1.165) is 25.7 Å². The molecule has 1 spiro atoms. The summed E-state index contributed by atoms with van der Waals surface area (Å²) in [5.74, 6) is -0.970. The predicted molar refractivity (Wildman–Crippen MR) is 68.4 cm³/mol. The zero-order valence-electron chi connectivity index (χ0n) is 10.5. The van der Waals surface area contributed by atoms with Gasteiger partial charge < -0.3 is 9.84 Å². The molecule has 100 valence electrons. The molecule has 0 unspecified atom stereocenters. The Balaban J connectivity index is 1.82. The smallest absolute Gasteiger partial charge is 0.415 e. The number of carbonyl (C=O) groups is 2. The van der Waals surface area contributed by atoms with Crippen LogP contribution in [0.15, 0.2) is 24.3 Å². The number of amides is 1. The van der Waals surface area contributed by atoms with Gasteiger partial charge in [-0.25, -0.2) is 9.59 Å². The van der Waals surface area contributed by atoms with E-state index in [9.17, 15) is 9.59 Å². The first-order chi connectivity index (χ1) is 9.10. The van der Waals surface area contributed by atoms with Gasteiger partial charge in [0.2, 0.25) is 0 Å². The first kappa shape index (κ1) is 12.0. The second-order valence-electron chi connectivity index (χ2n) is 5.20. The van der Waals surface area contributed by atoms with Gasteiger partial charge in [-0.1, -0.05) is 0 Å². The van der Waals surface area contributed by atoms with Crippen molar-refractivity contribution < 1.29 is 19.4 Å². The van der Waals surface area contributed by atoms with Gasteiger partial charge in [-0.15, -0.1) is 0 Å². The standard InChI is InChI=1S/C14H15NO4/c16-12(17)10-3-5-11(6-4-10)15-9-14(19-13(15)18)7-1-2-8-14/h3-6H,1-2,7-9H2,(H,16,17). The van der Waals surface area contributed by atoms with Crippen molar-refractivity contribution in [1.29, 1.82) is 0 Å². The van der Waals surface area contributed by atoms with Crippen LogP contribution in [0.1, 0.15) is 36.0 Å². The zero-order valence-corrected chi connectivity index (χ0v) is 10.5. The molecule has 1 aromatic rings. The lowest BCUT2D eigenvalue weighted by Gasteiger charge is -2.20. The summed E-state index contributed by atoms with van der Waals surface area (Å²) < 4.78 is 5.53. The Kier molecular flexibility index (Phi) is 2.69. The fourth-order valence-electron chi connectivity index (χ4n) is 2.89. The Hall–Kier alpha value is -2.04. The number of anilines is 1. The molecule has 2 fully saturated rings. The summed E-state index contributed by atoms with van der Waals surface area (Å²) in [6.45, 7) is 0.568. The highest BCUT2D eigenvalue weighted by molar-refractivity contribution is 5.92. The number of rotatable bonds is 2. The molecule has 1 amide bonds. The fraction of sp³-hybridized carbons (Fsp3) is 0.429. The molecule has 1 aliphatic heterocycles. The normalized spacial score (nSPS) is 20.8. The molecule has 5 heteroatoms. The molecule has 1 N–H and O–H groups in total. The van der Waals surface area contributed by atoms with E-state index in [4.69, 9.17) is 9.84 Å². The van der Waals surface area contributed by atoms with E-state index in [1.54, 1.807) is 17.0 Å². The van der Waals surface area contributed by atoms with Gasteiger partial charge in [-0.2, -0.15) is 0 Å². The van der Waals surface area contributed by atoms with Crippen molar-refractivity contribution in [2.75, 3.05) is 11.4 Å². The van der Waals surface area contributed by atoms with Gasteiger partial charge >= 0.3 is 12.1 Å². The Labute approximate surface area is 110 Å². The Morgan fingerprint density at radius 1 is 1.21 bits per heavy atom. The van der Waals surface area contributed by atoms with Crippen LogP contribution in [-0.2, 0) is 4.74 Å². The highest BCUT2D eigenvalue weighted by Gasteiger charge is 2.47. The molecular formula is C14H15NO4. The number of ether oxygens (including phenoxy) is 1. The van der Waals surface area contributed by atoms with E-state index in [-0.39, 0.29) is 17.3 Å². The monoisotopic (exact) mass is 261 g/mol. The maximum Gasteiger partial charge on any atom is 0.415 e. The van der Waals surface area contributed by atoms with E-state index in [1.165, 1.54) is 12.1 Å². The van der Waals surface area contributed by atoms with Crippen molar-refractivity contribution in [3.8, 4) is 0 Å². The number of benzene rings is 1. The molecular weight excluding hydrogens is 246 g/mol. The van der Waals surface area contributed by atoms with Gasteiger partial charge in [0.15, 0.2) is 0 Å². The molecule has 1 saturated heterocycles. The zero-order chi connectivity index (χ0) is 13.5. The summed E-state index contributed by atoms with van der Waals surface area (Å²) in [5.41, 5.74) is 0.591. The van der Waals surface area contributed by atoms with Crippen LogP contribution >= 0.6 is 0 Å². The van der Waals surface area contributed by atoms with Crippen molar-refractivity contribution in [3.63, 3.8) is 0 Å². The number of hydrogen-bond donors (Lipinski definition) is 1. The third-order valence-corrected chi connectivity index (χ3v) is 3.91. The van der Waals surface area contributed by atoms with Crippen LogP contribution in [0, 0.1) is 0 Å². The number of carboxylic acid groups (broad SMARTS) is 1. The summed E-state index contributed by atoms with van der Waals surface area (Å²) in [6.07, 6.45) is 3.70. The Morgan fingerprint density at radius 2 is 1.84 bits per heavy atom. The molecule has 0 aromatic heterocycles. The van der Waals surface area contributed by atoms with Gasteiger partial charge in [0.05, 0.1) is 12.1 Å². The minimum absolute atomic E-state index is 0.215. The van der Waals surface area contributed by atoms with Crippen molar-refractivity contribution in [1.82, 2.24) is 0 Å². The van der Waals surface area contributed by atoms with Crippen LogP contribution < -0.4 is 4.90 Å². The van der Waals surface area contributed by atoms with Crippen molar-refractivity contribution in [2.24, 2.45) is 0 Å². The molecule has 3 rings (SSSR count). The van der Waals surface area contributed by atoms with Gasteiger partial charge in [-0.05, 0) is 49.9 Å². The SMILES string of the molecule is O=C(O)c1ccc(N2CC3(CCCC3)OC2=O)cc1. The van der Waals surface area contributed by atoms with E-state index in [2.05, 4.69) is 0 Å². The second-order valence-corrected chi connectivity index (χ2v) is 5.20. The number of carboxylic acids is 1. The van der Waals surface area contributed by atoms with E-state index in [0.29, 0.717) is 12.2 Å². The summed E-state index contributed by atoms with van der Waals surface area (Å²) in [6, 6.07) is 6.31. The van der Waals surface area contributed by atoms with Crippen LogP contribution in [0.25, 0.3) is 0 Å². The number of carbonyl (C=O) groups excluding carboxylic acids is 1. The van der Waals surface area contributed by atoms with Crippen LogP contribution in [-0.4, -0.2) is 29.3 Å². The molecule has 0 bridgehead atoms. The van der Waals surface area contributed by atoms with Crippen LogP contribution in [0.3, 0.4) is 0 Å². The largest absolute Gasteiger partial charge is 0.478 e. The molecule has 1 saturated carbocycles. The fourth-order valence-corrected chi connectivity index (χ4v) is 2.89. The first-order valence-corrected chi connectivity index (χ1v) is 6.44. The molecule has 19 heavy (non-hydrogen) atoms. The maximum atomic E-state index is 11.9. The summed E-state index contributed by atoms with van der Waals surface area (Å²) in [4.78, 5) is 24.3. The number of aromatic carboxylic acids is 1. The molecule has 0 radical (unpaired) electrons. The van der Waals surface area contributed by atoms with Crippen molar-refractivity contribution in [3.05, 3.63) is 29.8 Å². The number of nitrogens with zero attached hydrogens (tertiary/aromatic N) is 1. The van der Waals surface area contributed by atoms with Crippen molar-refractivity contribution >= 4 is 17.7 Å². The highest BCUT2D eigenvalue weighted by atomic mass is 16.6. The van der Waals surface area contributed by atoms with E-state index < -0.39 is 5.97 Å². The summed E-state index contributed by atoms with van der Waals surface area (Å²) in [5, 5.41) is 8.86. The van der Waals surface area contributed by atoms with Gasteiger partial charge in [0.25, 0.3) is 0 Å². The van der Waals surface area contributed by atoms with Gasteiger partial charge in [-0.3, -0.25) is 4.90 Å². The molecule has 1 aromatic carbocycles. The average Bonchev–Trinajstić information content (AvgIpc) is 2.97. The molecule has 1 heterocycles. The lowest BCUT2D eigenvalue weighted by molar-refractivity contribution is 0.0628. The topological polar surface area (TPSA) is 66.8 Å². The minimum atomic E-state index is -0.970. The lowest BCUT2D eigenvalue weighted by Crippen LogP contribution is -2.31. The van der Waals surface area contributed by atoms with Crippen LogP contribution in [0.4, 0.5) is 10.5 Å². The lowest BCUT2D eigenvalue weighted by atomic mass is 10.0. The van der Waals surface area contributed by atoms with Gasteiger partial charge in [0, 0.05) is 5.69 Å². The van der Waals surface area contributed by atoms with E-state index >= 15 is 0 Å². The van der Waals surface area contributed by atoms with Crippen molar-refractivity contribution in [2.45, 2.75) is 31.3 Å². The summed E-state index contributed by atoms with van der Waals surface area (Å²) in [7, 11) is 0. The minimum Gasteiger partial charge on any atom is -0.478 e. The van der Waals surface area contributed by atoms with E-state index in [1.807, 2.05) is 0 Å². The molecule has 0 atom stereocenters. The summed E-state index contributed by atoms with van der Waals surface area (Å²) >= 11 is 0. The predicted octanol–water partition coefficient (Wildman–Crippen LogP) is 2.65. The maximum absolute atomic E-state index is 11.9. The quantitative estimate of drug-likeness (QED) is 0.888. The average molecular weight is 261 g/mol. The third kappa shape index (κ3) is 2.05. The molecule has 2 aliphatic rings. The third-order valence-electron chi connectivity index (χ3n) is 3.91. The molecule has 5 nitrogen and oxygen atoms in total. The Bertz CT molecular complexity index is 517. The number of hydrogen-bond acceptors (Lipinski definition) is 3. The van der Waals surface area contributed by atoms with Crippen LogP contribution in [0.5, 0.6) is 0 Å². The first-order valence-electron chi connectivity index (χ1n) is 6.44. The van der Waals surface area contributed by atoms with Crippen LogP contribution in [0.2, 0.25) is 0 Å². The highest BCUT2D eigenvalue weighted by Crippen LogP contribution is 2.39. The second kappa shape index (κ2) is 4.26. The van der Waals surface area contributed by atoms with Gasteiger partial charge in [0.1, 0.15) is 5.60 Å².